The van der Waals surface area contributed by atoms with Gasteiger partial charge in [0.15, 0.2) is 5.75 Å². The van der Waals surface area contributed by atoms with Crippen LogP contribution < -0.4 is 15.0 Å². The van der Waals surface area contributed by atoms with Gasteiger partial charge in [0.05, 0.1) is 22.3 Å². The predicted molar refractivity (Wildman–Crippen MR) is 104 cm³/mol. The SMILES string of the molecule is CC(C)(C)c1cc(Oc2c(Cl)cc(N3C(=O)CNC3=O)cc2Cl)ccc1O. The molecule has 0 radical (unpaired) electrons. The first-order valence-corrected chi connectivity index (χ1v) is 8.94. The Labute approximate surface area is 166 Å². The van der Waals surface area contributed by atoms with Crippen LogP contribution in [0.4, 0.5) is 10.5 Å². The Balaban J connectivity index is 1.95. The third-order valence-corrected chi connectivity index (χ3v) is 4.64. The number of benzene rings is 2. The number of nitrogens with one attached hydrogen (secondary N) is 1. The number of aromatic hydroxyl groups is 1. The van der Waals surface area contributed by atoms with Crippen LogP contribution in [-0.2, 0) is 10.2 Å². The molecule has 1 saturated heterocycles. The van der Waals surface area contributed by atoms with Crippen molar-refractivity contribution in [2.45, 2.75) is 26.2 Å². The zero-order valence-electron chi connectivity index (χ0n) is 15.0. The zero-order chi connectivity index (χ0) is 19.9. The maximum atomic E-state index is 11.8. The second-order valence-electron chi connectivity index (χ2n) is 7.16. The van der Waals surface area contributed by atoms with E-state index in [0.717, 1.165) is 4.90 Å². The summed E-state index contributed by atoms with van der Waals surface area (Å²) in [5.41, 5.74) is 0.686. The van der Waals surface area contributed by atoms with Crippen LogP contribution >= 0.6 is 23.2 Å². The molecule has 1 aliphatic heterocycles. The van der Waals surface area contributed by atoms with Gasteiger partial charge in [0.2, 0.25) is 0 Å². The lowest BCUT2D eigenvalue weighted by atomic mass is 9.86. The van der Waals surface area contributed by atoms with Gasteiger partial charge in [0.25, 0.3) is 5.91 Å². The van der Waals surface area contributed by atoms with Crippen molar-refractivity contribution < 1.29 is 19.4 Å². The van der Waals surface area contributed by atoms with Crippen LogP contribution in [0, 0.1) is 0 Å². The Bertz CT molecular complexity index is 899. The van der Waals surface area contributed by atoms with Crippen LogP contribution in [0.1, 0.15) is 26.3 Å². The highest BCUT2D eigenvalue weighted by Crippen LogP contribution is 2.42. The summed E-state index contributed by atoms with van der Waals surface area (Å²) in [6, 6.07) is 7.21. The van der Waals surface area contributed by atoms with E-state index >= 15 is 0 Å². The van der Waals surface area contributed by atoms with Crippen LogP contribution in [0.3, 0.4) is 0 Å². The number of carbonyl (C=O) groups is 2. The second kappa shape index (κ2) is 6.94. The fourth-order valence-corrected chi connectivity index (χ4v) is 3.31. The number of carbonyl (C=O) groups excluding carboxylic acids is 2. The van der Waals surface area contributed by atoms with Gasteiger partial charge in [-0.15, -0.1) is 0 Å². The molecule has 0 saturated carbocycles. The second-order valence-corrected chi connectivity index (χ2v) is 7.97. The topological polar surface area (TPSA) is 78.9 Å². The lowest BCUT2D eigenvalue weighted by Gasteiger charge is -2.21. The third kappa shape index (κ3) is 3.82. The number of urea groups is 1. The molecule has 0 aromatic heterocycles. The van der Waals surface area contributed by atoms with E-state index in [1.165, 1.54) is 12.1 Å². The van der Waals surface area contributed by atoms with E-state index in [4.69, 9.17) is 27.9 Å². The largest absolute Gasteiger partial charge is 0.508 e. The summed E-state index contributed by atoms with van der Waals surface area (Å²) in [7, 11) is 0. The van der Waals surface area contributed by atoms with E-state index in [1.807, 2.05) is 20.8 Å². The van der Waals surface area contributed by atoms with E-state index < -0.39 is 11.9 Å². The molecule has 1 aliphatic rings. The molecule has 0 aliphatic carbocycles. The summed E-state index contributed by atoms with van der Waals surface area (Å²) in [5, 5.41) is 12.8. The molecule has 2 N–H and O–H groups in total. The Morgan fingerprint density at radius 2 is 1.74 bits per heavy atom. The normalized spacial score (nSPS) is 14.5. The maximum absolute atomic E-state index is 11.8. The average Bonchev–Trinajstić information content (AvgIpc) is 2.90. The molecule has 3 amide bonds. The standard InChI is InChI=1S/C19H18Cl2N2O4/c1-19(2,3)12-8-11(4-5-15(12)24)27-17-13(20)6-10(7-14(17)21)23-16(25)9-22-18(23)26/h4-8,24H,9H2,1-3H3,(H,22,26). The van der Waals surface area contributed by atoms with Crippen molar-refractivity contribution in [3.05, 3.63) is 45.9 Å². The van der Waals surface area contributed by atoms with Crippen molar-refractivity contribution in [1.82, 2.24) is 5.32 Å². The molecule has 1 heterocycles. The molecule has 0 unspecified atom stereocenters. The summed E-state index contributed by atoms with van der Waals surface area (Å²) in [6.45, 7) is 5.84. The van der Waals surface area contributed by atoms with Crippen LogP contribution in [0.5, 0.6) is 17.2 Å². The highest BCUT2D eigenvalue weighted by atomic mass is 35.5. The van der Waals surface area contributed by atoms with Crippen molar-refractivity contribution in [3.63, 3.8) is 0 Å². The summed E-state index contributed by atoms with van der Waals surface area (Å²) < 4.78 is 5.82. The number of phenolic OH excluding ortho intramolecular Hbond substituents is 1. The third-order valence-electron chi connectivity index (χ3n) is 4.08. The van der Waals surface area contributed by atoms with Crippen molar-refractivity contribution >= 4 is 40.8 Å². The minimum atomic E-state index is -0.533. The van der Waals surface area contributed by atoms with E-state index in [9.17, 15) is 14.7 Å². The number of hydrogen-bond acceptors (Lipinski definition) is 4. The van der Waals surface area contributed by atoms with Gasteiger partial charge in [-0.2, -0.15) is 0 Å². The number of ether oxygens (including phenoxy) is 1. The minimum Gasteiger partial charge on any atom is -0.508 e. The predicted octanol–water partition coefficient (Wildman–Crippen LogP) is 4.85. The first-order valence-electron chi connectivity index (χ1n) is 8.19. The summed E-state index contributed by atoms with van der Waals surface area (Å²) in [4.78, 5) is 24.6. The zero-order valence-corrected chi connectivity index (χ0v) is 16.5. The molecule has 0 spiro atoms. The molecular weight excluding hydrogens is 391 g/mol. The number of rotatable bonds is 3. The molecule has 142 valence electrons. The van der Waals surface area contributed by atoms with Gasteiger partial charge in [-0.05, 0) is 35.7 Å². The number of imide groups is 1. The molecular formula is C19H18Cl2N2O4. The van der Waals surface area contributed by atoms with Gasteiger partial charge in [0.1, 0.15) is 11.5 Å². The van der Waals surface area contributed by atoms with E-state index in [1.54, 1.807) is 18.2 Å². The van der Waals surface area contributed by atoms with Gasteiger partial charge < -0.3 is 15.2 Å². The highest BCUT2D eigenvalue weighted by Gasteiger charge is 2.31. The molecule has 3 rings (SSSR count). The molecule has 27 heavy (non-hydrogen) atoms. The van der Waals surface area contributed by atoms with Crippen LogP contribution in [0.15, 0.2) is 30.3 Å². The number of phenols is 1. The Morgan fingerprint density at radius 1 is 1.11 bits per heavy atom. The molecule has 0 bridgehead atoms. The first kappa shape index (κ1) is 19.3. The van der Waals surface area contributed by atoms with Gasteiger partial charge >= 0.3 is 6.03 Å². The van der Waals surface area contributed by atoms with Crippen molar-refractivity contribution in [2.24, 2.45) is 0 Å². The summed E-state index contributed by atoms with van der Waals surface area (Å²) in [6.07, 6.45) is 0. The fourth-order valence-electron chi connectivity index (χ4n) is 2.75. The van der Waals surface area contributed by atoms with Crippen molar-refractivity contribution in [1.29, 1.82) is 0 Å². The van der Waals surface area contributed by atoms with E-state index in [0.29, 0.717) is 11.3 Å². The number of amides is 3. The number of halogens is 2. The van der Waals surface area contributed by atoms with Gasteiger partial charge in [0, 0.05) is 5.56 Å². The Kier molecular flexibility index (Phi) is 4.97. The molecule has 1 fully saturated rings. The van der Waals surface area contributed by atoms with Gasteiger partial charge in [-0.25, -0.2) is 9.69 Å². The van der Waals surface area contributed by atoms with E-state index in [2.05, 4.69) is 5.32 Å². The molecule has 2 aromatic carbocycles. The lowest BCUT2D eigenvalue weighted by molar-refractivity contribution is -0.115. The van der Waals surface area contributed by atoms with Crippen LogP contribution in [0.25, 0.3) is 0 Å². The number of nitrogens with zero attached hydrogens (tertiary/aromatic N) is 1. The van der Waals surface area contributed by atoms with E-state index in [-0.39, 0.29) is 39.2 Å². The Morgan fingerprint density at radius 3 is 2.26 bits per heavy atom. The minimum absolute atomic E-state index is 0.0740. The monoisotopic (exact) mass is 408 g/mol. The molecule has 0 atom stereocenters. The quantitative estimate of drug-likeness (QED) is 0.711. The smallest absolute Gasteiger partial charge is 0.329 e. The van der Waals surface area contributed by atoms with Crippen molar-refractivity contribution in [3.8, 4) is 17.2 Å². The van der Waals surface area contributed by atoms with Crippen molar-refractivity contribution in [2.75, 3.05) is 11.4 Å². The maximum Gasteiger partial charge on any atom is 0.329 e. The summed E-state index contributed by atoms with van der Waals surface area (Å²) >= 11 is 12.6. The lowest BCUT2D eigenvalue weighted by Crippen LogP contribution is -2.30. The van der Waals surface area contributed by atoms with Gasteiger partial charge in [-0.1, -0.05) is 44.0 Å². The number of hydrogen-bond donors (Lipinski definition) is 2. The molecule has 6 nitrogen and oxygen atoms in total. The molecule has 8 heteroatoms. The van der Waals surface area contributed by atoms with Crippen LogP contribution in [0.2, 0.25) is 10.0 Å². The first-order chi connectivity index (χ1) is 12.6. The fraction of sp³-hybridized carbons (Fsp3) is 0.263. The van der Waals surface area contributed by atoms with Gasteiger partial charge in [-0.3, -0.25) is 4.79 Å². The average molecular weight is 409 g/mol. The molecule has 2 aromatic rings. The van der Waals surface area contributed by atoms with Crippen LogP contribution in [-0.4, -0.2) is 23.6 Å². The highest BCUT2D eigenvalue weighted by molar-refractivity contribution is 6.38. The Hall–Kier alpha value is -2.44. The summed E-state index contributed by atoms with van der Waals surface area (Å²) in [5.74, 6) is 0.416. The number of anilines is 1.